The third-order valence-corrected chi connectivity index (χ3v) is 3.84. The Morgan fingerprint density at radius 1 is 1.21 bits per heavy atom. The predicted molar refractivity (Wildman–Crippen MR) is 81.5 cm³/mol. The van der Waals surface area contributed by atoms with E-state index in [-0.39, 0.29) is 0 Å². The molecule has 3 aromatic rings. The Hall–Kier alpha value is -2.14. The number of benzene rings is 1. The molecule has 0 saturated heterocycles. The highest BCUT2D eigenvalue weighted by atomic mass is 32.1. The number of rotatable bonds is 3. The zero-order valence-electron chi connectivity index (χ0n) is 10.8. The van der Waals surface area contributed by atoms with Crippen LogP contribution in [0.25, 0.3) is 23.2 Å². The van der Waals surface area contributed by atoms with Crippen LogP contribution in [0.4, 0.5) is 5.13 Å². The fraction of sp³-hybridized carbons (Fsp3) is 0.143. The van der Waals surface area contributed by atoms with Gasteiger partial charge in [0.05, 0.1) is 11.0 Å². The maximum atomic E-state index is 4.50. The second-order valence-electron chi connectivity index (χ2n) is 4.41. The Morgan fingerprint density at radius 3 is 2.79 bits per heavy atom. The molecular formula is C14H14N4S. The number of hydrogen-bond donors (Lipinski definition) is 1. The van der Waals surface area contributed by atoms with Gasteiger partial charge in [0, 0.05) is 25.2 Å². The molecule has 0 saturated carbocycles. The SMILES string of the molecule is CN(C)c1ncc(/C=C/c2nc3ccccc3[nH]2)s1. The second-order valence-corrected chi connectivity index (χ2v) is 5.45. The number of aromatic amines is 1. The van der Waals surface area contributed by atoms with E-state index in [1.807, 2.05) is 61.6 Å². The maximum absolute atomic E-state index is 4.50. The molecule has 0 aliphatic carbocycles. The van der Waals surface area contributed by atoms with E-state index in [1.54, 1.807) is 11.3 Å². The number of thiazole rings is 1. The summed E-state index contributed by atoms with van der Waals surface area (Å²) >= 11 is 1.65. The van der Waals surface area contributed by atoms with Gasteiger partial charge < -0.3 is 9.88 Å². The molecule has 19 heavy (non-hydrogen) atoms. The molecule has 2 aromatic heterocycles. The zero-order chi connectivity index (χ0) is 13.2. The molecule has 1 N–H and O–H groups in total. The van der Waals surface area contributed by atoms with Gasteiger partial charge in [0.15, 0.2) is 5.13 Å². The molecule has 2 heterocycles. The van der Waals surface area contributed by atoms with Crippen LogP contribution in [-0.4, -0.2) is 29.0 Å². The van der Waals surface area contributed by atoms with Crippen molar-refractivity contribution < 1.29 is 0 Å². The number of imidazole rings is 1. The van der Waals surface area contributed by atoms with Gasteiger partial charge >= 0.3 is 0 Å². The standard InChI is InChI=1S/C14H14N4S/c1-18(2)14-15-9-10(19-14)7-8-13-16-11-5-3-4-6-12(11)17-13/h3-9H,1-2H3,(H,16,17)/b8-7+. The van der Waals surface area contributed by atoms with Crippen molar-refractivity contribution in [3.8, 4) is 0 Å². The summed E-state index contributed by atoms with van der Waals surface area (Å²) in [5.74, 6) is 0.862. The average molecular weight is 270 g/mol. The fourth-order valence-corrected chi connectivity index (χ4v) is 2.51. The van der Waals surface area contributed by atoms with E-state index in [2.05, 4.69) is 15.0 Å². The fourth-order valence-electron chi connectivity index (χ4n) is 1.77. The van der Waals surface area contributed by atoms with Crippen LogP contribution in [-0.2, 0) is 0 Å². The number of anilines is 1. The summed E-state index contributed by atoms with van der Waals surface area (Å²) in [5.41, 5.74) is 2.04. The average Bonchev–Trinajstić information content (AvgIpc) is 3.02. The Balaban J connectivity index is 1.84. The number of hydrogen-bond acceptors (Lipinski definition) is 4. The van der Waals surface area contributed by atoms with Crippen LogP contribution in [0.2, 0.25) is 0 Å². The molecule has 0 atom stereocenters. The predicted octanol–water partition coefficient (Wildman–Crippen LogP) is 3.26. The van der Waals surface area contributed by atoms with Gasteiger partial charge in [0.25, 0.3) is 0 Å². The number of para-hydroxylation sites is 2. The van der Waals surface area contributed by atoms with Crippen molar-refractivity contribution >= 4 is 39.7 Å². The summed E-state index contributed by atoms with van der Waals surface area (Å²) in [4.78, 5) is 15.2. The summed E-state index contributed by atoms with van der Waals surface area (Å²) in [7, 11) is 3.98. The van der Waals surface area contributed by atoms with Gasteiger partial charge in [-0.1, -0.05) is 23.5 Å². The molecule has 0 amide bonds. The molecule has 0 aliphatic rings. The highest BCUT2D eigenvalue weighted by molar-refractivity contribution is 7.16. The van der Waals surface area contributed by atoms with Crippen molar-refractivity contribution in [1.29, 1.82) is 0 Å². The van der Waals surface area contributed by atoms with Crippen LogP contribution in [0.1, 0.15) is 10.7 Å². The third kappa shape index (κ3) is 2.51. The van der Waals surface area contributed by atoms with E-state index < -0.39 is 0 Å². The summed E-state index contributed by atoms with van der Waals surface area (Å²) in [6, 6.07) is 8.01. The molecule has 0 fully saturated rings. The Labute approximate surface area is 115 Å². The zero-order valence-corrected chi connectivity index (χ0v) is 11.6. The summed E-state index contributed by atoms with van der Waals surface area (Å²) in [6.45, 7) is 0. The molecule has 0 aliphatic heterocycles. The first-order chi connectivity index (χ1) is 9.22. The van der Waals surface area contributed by atoms with E-state index >= 15 is 0 Å². The van der Waals surface area contributed by atoms with Crippen molar-refractivity contribution in [2.75, 3.05) is 19.0 Å². The van der Waals surface area contributed by atoms with Crippen LogP contribution >= 0.6 is 11.3 Å². The minimum Gasteiger partial charge on any atom is -0.354 e. The van der Waals surface area contributed by atoms with Crippen LogP contribution in [0, 0.1) is 0 Å². The quantitative estimate of drug-likeness (QED) is 0.794. The first-order valence-corrected chi connectivity index (χ1v) is 6.80. The molecular weight excluding hydrogens is 256 g/mol. The van der Waals surface area contributed by atoms with E-state index in [4.69, 9.17) is 0 Å². The number of H-pyrrole nitrogens is 1. The summed E-state index contributed by atoms with van der Waals surface area (Å²) in [5, 5.41) is 1.00. The van der Waals surface area contributed by atoms with Gasteiger partial charge in [-0.25, -0.2) is 9.97 Å². The van der Waals surface area contributed by atoms with Crippen LogP contribution in [0.3, 0.4) is 0 Å². The second kappa shape index (κ2) is 4.85. The first-order valence-electron chi connectivity index (χ1n) is 5.98. The normalized spacial score (nSPS) is 11.5. The van der Waals surface area contributed by atoms with Crippen LogP contribution < -0.4 is 4.90 Å². The largest absolute Gasteiger partial charge is 0.354 e. The molecule has 3 rings (SSSR count). The molecule has 4 nitrogen and oxygen atoms in total. The number of fused-ring (bicyclic) bond motifs is 1. The Morgan fingerprint density at radius 2 is 2.05 bits per heavy atom. The van der Waals surface area contributed by atoms with Crippen molar-refractivity contribution in [3.05, 3.63) is 41.2 Å². The van der Waals surface area contributed by atoms with Crippen LogP contribution in [0.15, 0.2) is 30.5 Å². The lowest BCUT2D eigenvalue weighted by molar-refractivity contribution is 1.10. The topological polar surface area (TPSA) is 44.8 Å². The van der Waals surface area contributed by atoms with E-state index in [0.29, 0.717) is 0 Å². The highest BCUT2D eigenvalue weighted by Crippen LogP contribution is 2.22. The first kappa shape index (κ1) is 11.9. The molecule has 5 heteroatoms. The van der Waals surface area contributed by atoms with Crippen molar-refractivity contribution in [1.82, 2.24) is 15.0 Å². The van der Waals surface area contributed by atoms with E-state index in [1.165, 1.54) is 0 Å². The Bertz CT molecular complexity index is 691. The molecule has 1 aromatic carbocycles. The molecule has 96 valence electrons. The molecule has 0 unspecified atom stereocenters. The van der Waals surface area contributed by atoms with Gasteiger partial charge in [-0.05, 0) is 24.3 Å². The van der Waals surface area contributed by atoms with Crippen molar-refractivity contribution in [3.63, 3.8) is 0 Å². The van der Waals surface area contributed by atoms with Crippen LogP contribution in [0.5, 0.6) is 0 Å². The molecule has 0 spiro atoms. The smallest absolute Gasteiger partial charge is 0.185 e. The van der Waals surface area contributed by atoms with E-state index in [9.17, 15) is 0 Å². The third-order valence-electron chi connectivity index (χ3n) is 2.71. The maximum Gasteiger partial charge on any atom is 0.185 e. The van der Waals surface area contributed by atoms with Crippen molar-refractivity contribution in [2.24, 2.45) is 0 Å². The summed E-state index contributed by atoms with van der Waals surface area (Å²) in [6.07, 6.45) is 5.88. The van der Waals surface area contributed by atoms with Gasteiger partial charge in [-0.3, -0.25) is 0 Å². The minimum atomic E-state index is 0.862. The Kier molecular flexibility index (Phi) is 3.05. The monoisotopic (exact) mass is 270 g/mol. The highest BCUT2D eigenvalue weighted by Gasteiger charge is 2.01. The number of nitrogens with zero attached hydrogens (tertiary/aromatic N) is 3. The van der Waals surface area contributed by atoms with E-state index in [0.717, 1.165) is 26.9 Å². The summed E-state index contributed by atoms with van der Waals surface area (Å²) < 4.78 is 0. The van der Waals surface area contributed by atoms with Gasteiger partial charge in [0.2, 0.25) is 0 Å². The number of aromatic nitrogens is 3. The van der Waals surface area contributed by atoms with Gasteiger partial charge in [-0.15, -0.1) is 0 Å². The minimum absolute atomic E-state index is 0.862. The van der Waals surface area contributed by atoms with Gasteiger partial charge in [-0.2, -0.15) is 0 Å². The lowest BCUT2D eigenvalue weighted by Gasteiger charge is -2.04. The molecule has 0 radical (unpaired) electrons. The lowest BCUT2D eigenvalue weighted by Crippen LogP contribution is -2.07. The lowest BCUT2D eigenvalue weighted by atomic mass is 10.3. The van der Waals surface area contributed by atoms with Gasteiger partial charge in [0.1, 0.15) is 5.82 Å². The molecule has 0 bridgehead atoms. The van der Waals surface area contributed by atoms with Crippen molar-refractivity contribution in [2.45, 2.75) is 0 Å². The number of nitrogens with one attached hydrogen (secondary N) is 1.